The van der Waals surface area contributed by atoms with E-state index in [1.807, 2.05) is 37.0 Å². The number of pyridine rings is 1. The standard InChI is InChI=1S/C12H13N3O.C11H17N3.C10H12N4.C7H10N2/c1-9(2)10-7-13-8-11(14-10)15-6-4-3-5-12(15)16;1-9(2)10-7-12-8-11(13-10)14-5-3-4-6-14;1-8(2)9-5-12-6-10(13-9)14-4-3-11-7-14;1-6(2)7-5-8-3-4-9-7/h3-9H,1-2H3;7-9H,3-6H2,1-2H3;3-8H,1-2H3;3-6H,1-2H3. The average Bonchev–Trinajstić information content (AvgIpc) is 3.93. The third-order valence-electron chi connectivity index (χ3n) is 8.14. The molecule has 278 valence electrons. The molecule has 7 heterocycles. The Bertz CT molecular complexity index is 1990. The molecule has 0 saturated carbocycles. The van der Waals surface area contributed by atoms with E-state index in [4.69, 9.17) is 0 Å². The molecule has 0 unspecified atom stereocenters. The lowest BCUT2D eigenvalue weighted by molar-refractivity contribution is 0.791. The molecule has 13 nitrogen and oxygen atoms in total. The highest BCUT2D eigenvalue weighted by Gasteiger charge is 2.14. The molecule has 0 radical (unpaired) electrons. The Labute approximate surface area is 312 Å². The van der Waals surface area contributed by atoms with Crippen molar-refractivity contribution >= 4 is 5.82 Å². The quantitative estimate of drug-likeness (QED) is 0.164. The second kappa shape index (κ2) is 20.4. The van der Waals surface area contributed by atoms with Gasteiger partial charge in [-0.2, -0.15) is 0 Å². The highest BCUT2D eigenvalue weighted by Crippen LogP contribution is 2.19. The molecular weight excluding hydrogens is 665 g/mol. The Balaban J connectivity index is 0.000000161. The minimum Gasteiger partial charge on any atom is -0.355 e. The number of imidazole rings is 1. The summed E-state index contributed by atoms with van der Waals surface area (Å²) in [5.41, 5.74) is 3.93. The molecule has 0 aromatic carbocycles. The molecule has 0 atom stereocenters. The molecule has 0 N–H and O–H groups in total. The monoisotopic (exact) mass is 716 g/mol. The van der Waals surface area contributed by atoms with Crippen LogP contribution in [0.2, 0.25) is 0 Å². The van der Waals surface area contributed by atoms with Crippen LogP contribution in [0.5, 0.6) is 0 Å². The summed E-state index contributed by atoms with van der Waals surface area (Å²) < 4.78 is 3.33. The maximum Gasteiger partial charge on any atom is 0.256 e. The first kappa shape index (κ1) is 40.1. The highest BCUT2D eigenvalue weighted by molar-refractivity contribution is 5.37. The van der Waals surface area contributed by atoms with Gasteiger partial charge in [0.05, 0.1) is 41.4 Å². The summed E-state index contributed by atoms with van der Waals surface area (Å²) in [5.74, 6) is 4.07. The second-order valence-electron chi connectivity index (χ2n) is 13.7. The van der Waals surface area contributed by atoms with E-state index in [0.717, 1.165) is 47.5 Å². The molecule has 1 saturated heterocycles. The Morgan fingerprint density at radius 3 is 1.55 bits per heavy atom. The van der Waals surface area contributed by atoms with Gasteiger partial charge in [0, 0.05) is 74.9 Å². The van der Waals surface area contributed by atoms with Gasteiger partial charge < -0.3 is 4.90 Å². The first-order valence-corrected chi connectivity index (χ1v) is 18.2. The van der Waals surface area contributed by atoms with E-state index in [2.05, 4.69) is 91.3 Å². The van der Waals surface area contributed by atoms with E-state index >= 15 is 0 Å². The van der Waals surface area contributed by atoms with Crippen LogP contribution in [-0.4, -0.2) is 67.1 Å². The fraction of sp³-hybridized carbons (Fsp3) is 0.400. The minimum absolute atomic E-state index is 0.0993. The third kappa shape index (κ3) is 12.5. The van der Waals surface area contributed by atoms with Crippen LogP contribution in [0, 0.1) is 0 Å². The first-order chi connectivity index (χ1) is 25.5. The van der Waals surface area contributed by atoms with Crippen molar-refractivity contribution in [1.29, 1.82) is 0 Å². The van der Waals surface area contributed by atoms with Gasteiger partial charge in [0.1, 0.15) is 12.1 Å². The fourth-order valence-electron chi connectivity index (χ4n) is 4.90. The van der Waals surface area contributed by atoms with Crippen molar-refractivity contribution in [3.63, 3.8) is 0 Å². The first-order valence-electron chi connectivity index (χ1n) is 18.2. The fourth-order valence-corrected chi connectivity index (χ4v) is 4.90. The number of aromatic nitrogens is 11. The van der Waals surface area contributed by atoms with Crippen molar-refractivity contribution in [2.24, 2.45) is 0 Å². The van der Waals surface area contributed by atoms with Gasteiger partial charge in [-0.15, -0.1) is 0 Å². The third-order valence-corrected chi connectivity index (χ3v) is 8.14. The van der Waals surface area contributed by atoms with Gasteiger partial charge >= 0.3 is 0 Å². The largest absolute Gasteiger partial charge is 0.355 e. The Kier molecular flexibility index (Phi) is 15.4. The average molecular weight is 717 g/mol. The number of nitrogens with zero attached hydrogens (tertiary/aromatic N) is 12. The van der Waals surface area contributed by atoms with Crippen LogP contribution >= 0.6 is 0 Å². The second-order valence-corrected chi connectivity index (χ2v) is 13.7. The summed E-state index contributed by atoms with van der Waals surface area (Å²) in [6.07, 6.45) is 25.3. The Morgan fingerprint density at radius 1 is 0.528 bits per heavy atom. The van der Waals surface area contributed by atoms with E-state index in [-0.39, 0.29) is 5.56 Å². The summed E-state index contributed by atoms with van der Waals surface area (Å²) >= 11 is 0. The number of rotatable bonds is 7. The number of hydrogen-bond donors (Lipinski definition) is 0. The van der Waals surface area contributed by atoms with E-state index in [1.165, 1.54) is 23.5 Å². The molecule has 0 bridgehead atoms. The maximum absolute atomic E-state index is 11.6. The Morgan fingerprint density at radius 2 is 1.06 bits per heavy atom. The van der Waals surface area contributed by atoms with Crippen LogP contribution < -0.4 is 10.5 Å². The van der Waals surface area contributed by atoms with Crippen LogP contribution in [0.3, 0.4) is 0 Å². The summed E-state index contributed by atoms with van der Waals surface area (Å²) in [6.45, 7) is 19.1. The smallest absolute Gasteiger partial charge is 0.256 e. The summed E-state index contributed by atoms with van der Waals surface area (Å²) in [7, 11) is 0. The molecule has 1 fully saturated rings. The number of anilines is 1. The van der Waals surface area contributed by atoms with Gasteiger partial charge in [0.15, 0.2) is 11.6 Å². The number of hydrogen-bond acceptors (Lipinski definition) is 11. The zero-order valence-electron chi connectivity index (χ0n) is 32.2. The molecule has 6 aromatic rings. The summed E-state index contributed by atoms with van der Waals surface area (Å²) in [4.78, 5) is 51.9. The van der Waals surface area contributed by atoms with Gasteiger partial charge in [-0.05, 0) is 42.6 Å². The molecule has 0 aliphatic carbocycles. The molecule has 1 aliphatic rings. The molecular formula is C40H52N12O. The van der Waals surface area contributed by atoms with E-state index in [1.54, 1.807) is 74.2 Å². The lowest BCUT2D eigenvalue weighted by Gasteiger charge is -2.16. The summed E-state index contributed by atoms with van der Waals surface area (Å²) in [5, 5.41) is 0. The minimum atomic E-state index is -0.0993. The zero-order valence-corrected chi connectivity index (χ0v) is 32.2. The molecule has 1 aliphatic heterocycles. The van der Waals surface area contributed by atoms with Gasteiger partial charge in [0.2, 0.25) is 0 Å². The zero-order chi connectivity index (χ0) is 38.2. The summed E-state index contributed by atoms with van der Waals surface area (Å²) in [6, 6.07) is 5.01. The van der Waals surface area contributed by atoms with Gasteiger partial charge in [0.25, 0.3) is 5.56 Å². The van der Waals surface area contributed by atoms with E-state index in [9.17, 15) is 4.79 Å². The van der Waals surface area contributed by atoms with Gasteiger partial charge in [-0.3, -0.25) is 38.8 Å². The van der Waals surface area contributed by atoms with Crippen molar-refractivity contribution in [3.8, 4) is 11.6 Å². The van der Waals surface area contributed by atoms with Crippen LogP contribution in [0.15, 0.2) is 104 Å². The SMILES string of the molecule is CC(C)c1cncc(-n2ccccc2=O)n1.CC(C)c1cncc(-n2ccnc2)n1.CC(C)c1cncc(N2CCCC2)n1.CC(C)c1cnccn1. The molecule has 6 aromatic heterocycles. The highest BCUT2D eigenvalue weighted by atomic mass is 16.1. The van der Waals surface area contributed by atoms with Crippen molar-refractivity contribution in [2.75, 3.05) is 18.0 Å². The van der Waals surface area contributed by atoms with Crippen LogP contribution in [0.1, 0.15) is 115 Å². The maximum atomic E-state index is 11.6. The molecule has 0 amide bonds. The topological polar surface area (TPSA) is 146 Å². The molecule has 7 rings (SSSR count). The van der Waals surface area contributed by atoms with Crippen molar-refractivity contribution < 1.29 is 0 Å². The lowest BCUT2D eigenvalue weighted by atomic mass is 10.1. The van der Waals surface area contributed by atoms with Gasteiger partial charge in [-0.1, -0.05) is 61.5 Å². The molecule has 0 spiro atoms. The predicted molar refractivity (Wildman–Crippen MR) is 209 cm³/mol. The van der Waals surface area contributed by atoms with E-state index < -0.39 is 0 Å². The predicted octanol–water partition coefficient (Wildman–Crippen LogP) is 7.34. The lowest BCUT2D eigenvalue weighted by Crippen LogP contribution is -2.19. The molecule has 13 heteroatoms. The van der Waals surface area contributed by atoms with Crippen molar-refractivity contribution in [3.05, 3.63) is 132 Å². The van der Waals surface area contributed by atoms with Crippen molar-refractivity contribution in [1.82, 2.24) is 54.0 Å². The molecule has 53 heavy (non-hydrogen) atoms. The Hall–Kier alpha value is -5.72. The van der Waals surface area contributed by atoms with Crippen LogP contribution in [0.25, 0.3) is 11.6 Å². The van der Waals surface area contributed by atoms with Crippen LogP contribution in [-0.2, 0) is 0 Å². The normalized spacial score (nSPS) is 12.2. The van der Waals surface area contributed by atoms with Gasteiger partial charge in [-0.25, -0.2) is 19.9 Å². The van der Waals surface area contributed by atoms with E-state index in [0.29, 0.717) is 29.5 Å². The van der Waals surface area contributed by atoms with Crippen molar-refractivity contribution in [2.45, 2.75) is 91.9 Å². The van der Waals surface area contributed by atoms with Crippen LogP contribution in [0.4, 0.5) is 5.82 Å².